The van der Waals surface area contributed by atoms with Crippen LogP contribution in [0, 0.1) is 6.92 Å². The third kappa shape index (κ3) is 4.61. The first-order chi connectivity index (χ1) is 14.8. The number of benzene rings is 3. The van der Waals surface area contributed by atoms with Gasteiger partial charge in [0.15, 0.2) is 12.2 Å². The van der Waals surface area contributed by atoms with E-state index in [0.29, 0.717) is 17.3 Å². The van der Waals surface area contributed by atoms with Crippen LogP contribution in [-0.4, -0.2) is 17.5 Å². The van der Waals surface area contributed by atoms with Gasteiger partial charge in [-0.05, 0) is 59.9 Å². The van der Waals surface area contributed by atoms with Gasteiger partial charge in [0.2, 0.25) is 5.89 Å². The van der Waals surface area contributed by atoms with Gasteiger partial charge in [-0.25, -0.2) is 4.98 Å². The molecule has 1 amide bonds. The number of oxazole rings is 1. The predicted octanol–water partition coefficient (Wildman–Crippen LogP) is 6.12. The van der Waals surface area contributed by atoms with Crippen LogP contribution in [0.25, 0.3) is 22.6 Å². The van der Waals surface area contributed by atoms with E-state index >= 15 is 0 Å². The highest BCUT2D eigenvalue weighted by Gasteiger charge is 2.15. The zero-order chi connectivity index (χ0) is 22.0. The molecule has 5 nitrogen and oxygen atoms in total. The first kappa shape index (κ1) is 20.7. The molecular formula is C26H26N2O3. The van der Waals surface area contributed by atoms with Crippen molar-refractivity contribution < 1.29 is 13.9 Å². The number of ether oxygens (including phenoxy) is 1. The highest BCUT2D eigenvalue weighted by Crippen LogP contribution is 2.30. The van der Waals surface area contributed by atoms with Gasteiger partial charge in [-0.1, -0.05) is 51.1 Å². The van der Waals surface area contributed by atoms with E-state index in [1.54, 1.807) is 0 Å². The van der Waals surface area contributed by atoms with Crippen LogP contribution in [0.15, 0.2) is 71.1 Å². The quantitative estimate of drug-likeness (QED) is 0.427. The van der Waals surface area contributed by atoms with Gasteiger partial charge in [0.25, 0.3) is 5.91 Å². The third-order valence-electron chi connectivity index (χ3n) is 5.22. The Balaban J connectivity index is 1.44. The summed E-state index contributed by atoms with van der Waals surface area (Å²) in [6, 6.07) is 21.2. The van der Waals surface area contributed by atoms with Crippen molar-refractivity contribution in [2.45, 2.75) is 33.1 Å². The number of fused-ring (bicyclic) bond motifs is 1. The number of para-hydroxylation sites is 2. The molecule has 0 aliphatic carbocycles. The lowest BCUT2D eigenvalue weighted by Gasteiger charge is -2.19. The van der Waals surface area contributed by atoms with E-state index in [9.17, 15) is 4.79 Å². The molecule has 0 aliphatic rings. The maximum atomic E-state index is 12.5. The fraction of sp³-hybridized carbons (Fsp3) is 0.231. The summed E-state index contributed by atoms with van der Waals surface area (Å²) in [6.07, 6.45) is 0. The highest BCUT2D eigenvalue weighted by molar-refractivity contribution is 5.93. The van der Waals surface area contributed by atoms with Crippen LogP contribution >= 0.6 is 0 Å². The van der Waals surface area contributed by atoms with Gasteiger partial charge in [-0.2, -0.15) is 0 Å². The summed E-state index contributed by atoms with van der Waals surface area (Å²) in [6.45, 7) is 8.35. The van der Waals surface area contributed by atoms with Crippen LogP contribution < -0.4 is 10.1 Å². The molecule has 0 atom stereocenters. The van der Waals surface area contributed by atoms with E-state index in [4.69, 9.17) is 9.15 Å². The molecular weight excluding hydrogens is 388 g/mol. The second-order valence-electron chi connectivity index (χ2n) is 8.58. The lowest BCUT2D eigenvalue weighted by atomic mass is 9.87. The third-order valence-corrected chi connectivity index (χ3v) is 5.22. The topological polar surface area (TPSA) is 64.4 Å². The van der Waals surface area contributed by atoms with Crippen molar-refractivity contribution in [2.75, 3.05) is 11.9 Å². The minimum Gasteiger partial charge on any atom is -0.484 e. The minimum atomic E-state index is -0.224. The molecule has 1 N–H and O–H groups in total. The van der Waals surface area contributed by atoms with Crippen molar-refractivity contribution in [1.82, 2.24) is 4.98 Å². The molecule has 0 aliphatic heterocycles. The Bertz CT molecular complexity index is 1180. The van der Waals surface area contributed by atoms with Crippen LogP contribution in [0.5, 0.6) is 5.75 Å². The van der Waals surface area contributed by atoms with E-state index in [0.717, 1.165) is 22.2 Å². The zero-order valence-corrected chi connectivity index (χ0v) is 18.2. The summed E-state index contributed by atoms with van der Waals surface area (Å²) in [5.74, 6) is 0.975. The van der Waals surface area contributed by atoms with Gasteiger partial charge >= 0.3 is 0 Å². The second kappa shape index (κ2) is 8.26. The molecule has 1 aromatic heterocycles. The standard InChI is InChI=1S/C26H26N2O3/c1-17-20(25-28-22-9-5-6-11-23(22)31-25)8-7-10-21(17)27-24(29)16-30-19-14-12-18(13-15-19)26(2,3)4/h5-15H,16H2,1-4H3,(H,27,29). The van der Waals surface area contributed by atoms with Crippen LogP contribution in [0.3, 0.4) is 0 Å². The molecule has 0 fully saturated rings. The molecule has 3 aromatic carbocycles. The fourth-order valence-electron chi connectivity index (χ4n) is 3.38. The van der Waals surface area contributed by atoms with Crippen molar-refractivity contribution in [3.8, 4) is 17.2 Å². The Labute approximate surface area is 182 Å². The highest BCUT2D eigenvalue weighted by atomic mass is 16.5. The number of hydrogen-bond acceptors (Lipinski definition) is 4. The first-order valence-corrected chi connectivity index (χ1v) is 10.3. The number of rotatable bonds is 5. The van der Waals surface area contributed by atoms with Crippen LogP contribution in [0.4, 0.5) is 5.69 Å². The molecule has 0 unspecified atom stereocenters. The molecule has 4 rings (SSSR count). The molecule has 4 aromatic rings. The molecule has 1 heterocycles. The summed E-state index contributed by atoms with van der Waals surface area (Å²) >= 11 is 0. The maximum absolute atomic E-state index is 12.5. The van der Waals surface area contributed by atoms with Crippen molar-refractivity contribution >= 4 is 22.7 Å². The van der Waals surface area contributed by atoms with Crippen molar-refractivity contribution in [3.05, 3.63) is 77.9 Å². The second-order valence-corrected chi connectivity index (χ2v) is 8.58. The Morgan fingerprint density at radius 3 is 2.45 bits per heavy atom. The largest absolute Gasteiger partial charge is 0.484 e. The summed E-state index contributed by atoms with van der Waals surface area (Å²) < 4.78 is 11.5. The predicted molar refractivity (Wildman–Crippen MR) is 123 cm³/mol. The van der Waals surface area contributed by atoms with Gasteiger partial charge in [0.05, 0.1) is 0 Å². The molecule has 0 saturated heterocycles. The number of nitrogens with zero attached hydrogens (tertiary/aromatic N) is 1. The van der Waals surface area contributed by atoms with Crippen LogP contribution in [0.1, 0.15) is 31.9 Å². The van der Waals surface area contributed by atoms with E-state index in [1.165, 1.54) is 5.56 Å². The molecule has 158 valence electrons. The van der Waals surface area contributed by atoms with Crippen molar-refractivity contribution in [3.63, 3.8) is 0 Å². The molecule has 0 saturated carbocycles. The molecule has 0 radical (unpaired) electrons. The number of anilines is 1. The lowest BCUT2D eigenvalue weighted by Crippen LogP contribution is -2.20. The van der Waals surface area contributed by atoms with Gasteiger partial charge in [0.1, 0.15) is 11.3 Å². The minimum absolute atomic E-state index is 0.0680. The summed E-state index contributed by atoms with van der Waals surface area (Å²) in [5.41, 5.74) is 5.26. The Morgan fingerprint density at radius 2 is 1.74 bits per heavy atom. The average molecular weight is 415 g/mol. The van der Waals surface area contributed by atoms with E-state index in [2.05, 4.69) is 31.1 Å². The number of amides is 1. The lowest BCUT2D eigenvalue weighted by molar-refractivity contribution is -0.118. The summed E-state index contributed by atoms with van der Waals surface area (Å²) in [5, 5.41) is 2.93. The number of nitrogens with one attached hydrogen (secondary N) is 1. The Kier molecular flexibility index (Phi) is 5.51. The summed E-state index contributed by atoms with van der Waals surface area (Å²) in [4.78, 5) is 17.0. The molecule has 5 heteroatoms. The normalized spacial score (nSPS) is 11.5. The maximum Gasteiger partial charge on any atom is 0.262 e. The molecule has 31 heavy (non-hydrogen) atoms. The number of carbonyl (C=O) groups excluding carboxylic acids is 1. The number of hydrogen-bond donors (Lipinski definition) is 1. The SMILES string of the molecule is Cc1c(NC(=O)COc2ccc(C(C)(C)C)cc2)cccc1-c1nc2ccccc2o1. The average Bonchev–Trinajstić information content (AvgIpc) is 3.17. The monoisotopic (exact) mass is 414 g/mol. The van der Waals surface area contributed by atoms with Crippen molar-refractivity contribution in [2.24, 2.45) is 0 Å². The summed E-state index contributed by atoms with van der Waals surface area (Å²) in [7, 11) is 0. The van der Waals surface area contributed by atoms with Crippen molar-refractivity contribution in [1.29, 1.82) is 0 Å². The van der Waals surface area contributed by atoms with E-state index in [1.807, 2.05) is 73.7 Å². The van der Waals surface area contributed by atoms with Gasteiger partial charge in [-0.3, -0.25) is 4.79 Å². The first-order valence-electron chi connectivity index (χ1n) is 10.3. The zero-order valence-electron chi connectivity index (χ0n) is 18.2. The smallest absolute Gasteiger partial charge is 0.262 e. The van der Waals surface area contributed by atoms with E-state index in [-0.39, 0.29) is 17.9 Å². The number of carbonyl (C=O) groups is 1. The van der Waals surface area contributed by atoms with Crippen LogP contribution in [0.2, 0.25) is 0 Å². The van der Waals surface area contributed by atoms with Gasteiger partial charge in [0, 0.05) is 11.3 Å². The Hall–Kier alpha value is -3.60. The van der Waals surface area contributed by atoms with Gasteiger partial charge in [-0.15, -0.1) is 0 Å². The number of aromatic nitrogens is 1. The van der Waals surface area contributed by atoms with E-state index < -0.39 is 0 Å². The fourth-order valence-corrected chi connectivity index (χ4v) is 3.38. The van der Waals surface area contributed by atoms with Crippen LogP contribution in [-0.2, 0) is 10.2 Å². The van der Waals surface area contributed by atoms with Gasteiger partial charge < -0.3 is 14.5 Å². The molecule has 0 bridgehead atoms. The molecule has 0 spiro atoms. The Morgan fingerprint density at radius 1 is 1.00 bits per heavy atom.